The number of benzene rings is 2. The first-order valence-electron chi connectivity index (χ1n) is 11.9. The average Bonchev–Trinajstić information content (AvgIpc) is 3.37. The summed E-state index contributed by atoms with van der Waals surface area (Å²) in [6.45, 7) is 1.67. The molecule has 4 rings (SSSR count). The summed E-state index contributed by atoms with van der Waals surface area (Å²) in [6, 6.07) is 15.0. The van der Waals surface area contributed by atoms with Crippen LogP contribution in [-0.2, 0) is 22.0 Å². The second kappa shape index (κ2) is 11.0. The lowest BCUT2D eigenvalue weighted by Gasteiger charge is -2.25. The number of nitrogens with zero attached hydrogens (tertiary/aromatic N) is 1. The van der Waals surface area contributed by atoms with E-state index in [2.05, 4.69) is 15.6 Å². The lowest BCUT2D eigenvalue weighted by Crippen LogP contribution is -2.42. The van der Waals surface area contributed by atoms with Gasteiger partial charge in [0.15, 0.2) is 5.78 Å². The number of halogens is 2. The summed E-state index contributed by atoms with van der Waals surface area (Å²) in [7, 11) is 1.50. The maximum atomic E-state index is 13.9. The number of pyridine rings is 1. The van der Waals surface area contributed by atoms with Gasteiger partial charge in [-0.2, -0.15) is 0 Å². The van der Waals surface area contributed by atoms with Crippen molar-refractivity contribution in [1.29, 1.82) is 0 Å². The van der Waals surface area contributed by atoms with Crippen molar-refractivity contribution >= 4 is 23.1 Å². The van der Waals surface area contributed by atoms with E-state index in [4.69, 9.17) is 9.47 Å². The van der Waals surface area contributed by atoms with Gasteiger partial charge in [-0.05, 0) is 36.2 Å². The predicted octanol–water partition coefficient (Wildman–Crippen LogP) is 5.24. The molecule has 1 amide bonds. The maximum absolute atomic E-state index is 13.9. The van der Waals surface area contributed by atoms with Gasteiger partial charge in [0.2, 0.25) is 5.91 Å². The number of rotatable bonds is 10. The van der Waals surface area contributed by atoms with Crippen LogP contribution in [0.1, 0.15) is 41.3 Å². The van der Waals surface area contributed by atoms with Gasteiger partial charge < -0.3 is 20.1 Å². The van der Waals surface area contributed by atoms with Crippen LogP contribution in [0.3, 0.4) is 0 Å². The zero-order valence-corrected chi connectivity index (χ0v) is 20.7. The van der Waals surface area contributed by atoms with Crippen molar-refractivity contribution in [2.75, 3.05) is 25.6 Å². The number of aromatic nitrogens is 1. The Hall–Kier alpha value is -3.85. The highest BCUT2D eigenvalue weighted by Crippen LogP contribution is 2.35. The summed E-state index contributed by atoms with van der Waals surface area (Å²) in [5.41, 5.74) is 1.13. The number of amides is 1. The maximum Gasteiger partial charge on any atom is 0.272 e. The third-order valence-corrected chi connectivity index (χ3v) is 6.44. The number of hydrogen-bond acceptors (Lipinski definition) is 6. The molecule has 194 valence electrons. The molecular formula is C28H29F2N3O4. The fourth-order valence-electron chi connectivity index (χ4n) is 4.30. The Balaban J connectivity index is 1.39. The molecule has 0 spiro atoms. The zero-order valence-electron chi connectivity index (χ0n) is 20.7. The highest BCUT2D eigenvalue weighted by molar-refractivity contribution is 6.00. The van der Waals surface area contributed by atoms with E-state index in [1.165, 1.54) is 25.6 Å². The van der Waals surface area contributed by atoms with E-state index in [0.29, 0.717) is 35.7 Å². The molecule has 1 aromatic heterocycles. The largest absolute Gasteiger partial charge is 0.495 e. The van der Waals surface area contributed by atoms with Crippen LogP contribution in [0.15, 0.2) is 67.0 Å². The number of carbonyl (C=O) groups is 2. The average molecular weight is 510 g/mol. The summed E-state index contributed by atoms with van der Waals surface area (Å²) in [5, 5.41) is 5.96. The van der Waals surface area contributed by atoms with E-state index >= 15 is 0 Å². The summed E-state index contributed by atoms with van der Waals surface area (Å²) < 4.78 is 38.5. The van der Waals surface area contributed by atoms with Crippen molar-refractivity contribution in [3.05, 3.63) is 83.7 Å². The number of Topliss-reactive ketones (excluding diaryl/α,β-unsaturated/α-hetero) is 1. The van der Waals surface area contributed by atoms with Gasteiger partial charge >= 0.3 is 0 Å². The predicted molar refractivity (Wildman–Crippen MR) is 135 cm³/mol. The summed E-state index contributed by atoms with van der Waals surface area (Å²) in [6.07, 6.45) is 3.41. The number of para-hydroxylation sites is 1. The first-order chi connectivity index (χ1) is 17.7. The summed E-state index contributed by atoms with van der Waals surface area (Å²) in [5.74, 6) is -2.97. The molecule has 0 aliphatic carbocycles. The van der Waals surface area contributed by atoms with Gasteiger partial charge in [0.25, 0.3) is 5.92 Å². The van der Waals surface area contributed by atoms with Crippen molar-refractivity contribution in [3.8, 4) is 5.75 Å². The number of methoxy groups -OCH3 is 1. The minimum atomic E-state index is -2.97. The van der Waals surface area contributed by atoms with Crippen molar-refractivity contribution < 1.29 is 27.8 Å². The zero-order chi connectivity index (χ0) is 26.5. The number of ketones is 1. The Morgan fingerprint density at radius 3 is 2.57 bits per heavy atom. The summed E-state index contributed by atoms with van der Waals surface area (Å²) in [4.78, 5) is 30.2. The molecule has 2 heterocycles. The third kappa shape index (κ3) is 6.29. The highest BCUT2D eigenvalue weighted by Gasteiger charge is 2.44. The fraction of sp³-hybridized carbons (Fsp3) is 0.321. The number of anilines is 2. The van der Waals surface area contributed by atoms with Crippen LogP contribution in [0.25, 0.3) is 0 Å². The van der Waals surface area contributed by atoms with Crippen LogP contribution >= 0.6 is 0 Å². The first kappa shape index (κ1) is 26.2. The van der Waals surface area contributed by atoms with Gasteiger partial charge in [-0.3, -0.25) is 14.6 Å². The van der Waals surface area contributed by atoms with Gasteiger partial charge in [-0.15, -0.1) is 0 Å². The van der Waals surface area contributed by atoms with Crippen molar-refractivity contribution in [3.63, 3.8) is 0 Å². The van der Waals surface area contributed by atoms with Crippen LogP contribution in [0.5, 0.6) is 5.75 Å². The molecule has 0 bridgehead atoms. The molecule has 3 aromatic rings. The van der Waals surface area contributed by atoms with Gasteiger partial charge in [0.05, 0.1) is 25.3 Å². The Morgan fingerprint density at radius 2 is 1.89 bits per heavy atom. The normalized spacial score (nSPS) is 17.3. The van der Waals surface area contributed by atoms with Gasteiger partial charge in [0, 0.05) is 55.2 Å². The lowest BCUT2D eigenvalue weighted by atomic mass is 9.80. The molecule has 1 saturated heterocycles. The van der Waals surface area contributed by atoms with Crippen LogP contribution < -0.4 is 15.4 Å². The first-order valence-corrected chi connectivity index (χ1v) is 11.9. The van der Waals surface area contributed by atoms with Crippen LogP contribution in [0.2, 0.25) is 0 Å². The van der Waals surface area contributed by atoms with E-state index in [9.17, 15) is 18.4 Å². The molecule has 1 fully saturated rings. The molecule has 9 heteroatoms. The standard InChI is InChI=1S/C28H29F2N3O4/c1-27(29,30)23-5-3-4-6-24(23)33-21-9-7-19(8-10-21)15-32-26(35)28(11-12-37-18-28)14-25(34)20-13-22(36-2)17-31-16-20/h3-10,13,16-17,33H,11-12,14-15,18H2,1-2H3,(H,32,35)/t28-/m0/s1. The van der Waals surface area contributed by atoms with E-state index in [1.54, 1.807) is 48.5 Å². The molecule has 2 N–H and O–H groups in total. The molecule has 37 heavy (non-hydrogen) atoms. The Kier molecular flexibility index (Phi) is 7.83. The molecule has 2 aromatic carbocycles. The number of nitrogens with one attached hydrogen (secondary N) is 2. The lowest BCUT2D eigenvalue weighted by molar-refractivity contribution is -0.131. The third-order valence-electron chi connectivity index (χ3n) is 6.44. The molecule has 1 atom stereocenters. The van der Waals surface area contributed by atoms with Crippen molar-refractivity contribution in [1.82, 2.24) is 10.3 Å². The molecule has 0 radical (unpaired) electrons. The Morgan fingerprint density at radius 1 is 1.14 bits per heavy atom. The monoisotopic (exact) mass is 509 g/mol. The number of alkyl halides is 2. The van der Waals surface area contributed by atoms with Crippen LogP contribution in [-0.4, -0.2) is 37.0 Å². The number of hydrogen-bond donors (Lipinski definition) is 2. The summed E-state index contributed by atoms with van der Waals surface area (Å²) >= 11 is 0. The second-order valence-corrected chi connectivity index (χ2v) is 9.23. The van der Waals surface area contributed by atoms with Gasteiger partial charge in [-0.25, -0.2) is 8.78 Å². The number of ether oxygens (including phenoxy) is 2. The van der Waals surface area contributed by atoms with Crippen molar-refractivity contribution in [2.45, 2.75) is 32.2 Å². The van der Waals surface area contributed by atoms with Gasteiger partial charge in [0.1, 0.15) is 5.75 Å². The molecule has 0 unspecified atom stereocenters. The Labute approximate surface area is 214 Å². The second-order valence-electron chi connectivity index (χ2n) is 9.23. The van der Waals surface area contributed by atoms with E-state index in [1.807, 2.05) is 0 Å². The molecule has 1 aliphatic heterocycles. The Bertz CT molecular complexity index is 1250. The van der Waals surface area contributed by atoms with Crippen molar-refractivity contribution in [2.24, 2.45) is 5.41 Å². The van der Waals surface area contributed by atoms with Crippen LogP contribution in [0.4, 0.5) is 20.2 Å². The molecule has 0 saturated carbocycles. The molecule has 1 aliphatic rings. The molecule has 7 nitrogen and oxygen atoms in total. The highest BCUT2D eigenvalue weighted by atomic mass is 19.3. The SMILES string of the molecule is COc1cncc(C(=O)C[C@@]2(C(=O)NCc3ccc(Nc4ccccc4C(C)(F)F)cc3)CCOC2)c1. The number of carbonyl (C=O) groups excluding carboxylic acids is 2. The van der Waals surface area contributed by atoms with Gasteiger partial charge in [-0.1, -0.05) is 30.3 Å². The minimum absolute atomic E-state index is 0.00197. The smallest absolute Gasteiger partial charge is 0.272 e. The van der Waals surface area contributed by atoms with E-state index < -0.39 is 11.3 Å². The van der Waals surface area contributed by atoms with E-state index in [-0.39, 0.29) is 36.8 Å². The topological polar surface area (TPSA) is 89.5 Å². The van der Waals surface area contributed by atoms with E-state index in [0.717, 1.165) is 12.5 Å². The van der Waals surface area contributed by atoms with Crippen LogP contribution in [0, 0.1) is 5.41 Å². The molecular weight excluding hydrogens is 480 g/mol. The fourth-order valence-corrected chi connectivity index (χ4v) is 4.30. The quantitative estimate of drug-likeness (QED) is 0.363. The minimum Gasteiger partial charge on any atom is -0.495 e.